The van der Waals surface area contributed by atoms with Gasteiger partial charge in [0.2, 0.25) is 10.0 Å². The first kappa shape index (κ1) is 15.2. The van der Waals surface area contributed by atoms with Crippen molar-refractivity contribution in [2.24, 2.45) is 0 Å². The van der Waals surface area contributed by atoms with Crippen LogP contribution in [-0.4, -0.2) is 39.6 Å². The van der Waals surface area contributed by atoms with Gasteiger partial charge in [0.15, 0.2) is 14.9 Å². The van der Waals surface area contributed by atoms with E-state index in [-0.39, 0.29) is 11.4 Å². The molecule has 0 radical (unpaired) electrons. The van der Waals surface area contributed by atoms with E-state index in [0.29, 0.717) is 6.42 Å². The molecule has 0 aromatic rings. The van der Waals surface area contributed by atoms with Gasteiger partial charge in [-0.2, -0.15) is 0 Å². The zero-order valence-corrected chi connectivity index (χ0v) is 12.1. The SMILES string of the molecule is CS(=O)(=O)CS(=O)(=O)NC1CCCCCC1Cl. The largest absolute Gasteiger partial charge is 0.228 e. The Balaban J connectivity index is 2.68. The van der Waals surface area contributed by atoms with Gasteiger partial charge >= 0.3 is 0 Å². The summed E-state index contributed by atoms with van der Waals surface area (Å²) < 4.78 is 47.6. The normalized spacial score (nSPS) is 27.6. The second-order valence-corrected chi connectivity index (χ2v) is 9.36. The summed E-state index contributed by atoms with van der Waals surface area (Å²) in [6, 6.07) is -0.356. The number of halogens is 1. The Labute approximate surface area is 108 Å². The fourth-order valence-electron chi connectivity index (χ4n) is 1.94. The molecule has 0 heterocycles. The van der Waals surface area contributed by atoms with Crippen LogP contribution in [0.5, 0.6) is 0 Å². The smallest absolute Gasteiger partial charge is 0.226 e. The van der Waals surface area contributed by atoms with Crippen LogP contribution in [0.3, 0.4) is 0 Å². The summed E-state index contributed by atoms with van der Waals surface area (Å²) in [5.41, 5.74) is 0. The Kier molecular flexibility index (Phi) is 5.24. The van der Waals surface area contributed by atoms with Crippen LogP contribution >= 0.6 is 11.6 Å². The molecule has 17 heavy (non-hydrogen) atoms. The first-order chi connectivity index (χ1) is 7.70. The Morgan fingerprint density at radius 1 is 1.12 bits per heavy atom. The van der Waals surface area contributed by atoms with Crippen molar-refractivity contribution in [3.63, 3.8) is 0 Å². The van der Waals surface area contributed by atoms with E-state index in [9.17, 15) is 16.8 Å². The molecule has 0 aromatic heterocycles. The van der Waals surface area contributed by atoms with Crippen molar-refractivity contribution in [1.29, 1.82) is 0 Å². The van der Waals surface area contributed by atoms with Crippen LogP contribution in [0.1, 0.15) is 32.1 Å². The molecular formula is C9H18ClNO4S2. The molecule has 1 fully saturated rings. The average molecular weight is 304 g/mol. The topological polar surface area (TPSA) is 80.3 Å². The maximum atomic E-state index is 11.6. The quantitative estimate of drug-likeness (QED) is 0.617. The highest BCUT2D eigenvalue weighted by Gasteiger charge is 2.28. The van der Waals surface area contributed by atoms with E-state index in [4.69, 9.17) is 11.6 Å². The van der Waals surface area contributed by atoms with Crippen molar-refractivity contribution in [2.45, 2.75) is 43.5 Å². The number of hydrogen-bond acceptors (Lipinski definition) is 4. The minimum Gasteiger partial charge on any atom is -0.228 e. The molecule has 2 atom stereocenters. The van der Waals surface area contributed by atoms with Crippen LogP contribution in [0.25, 0.3) is 0 Å². The van der Waals surface area contributed by atoms with Crippen molar-refractivity contribution < 1.29 is 16.8 Å². The summed E-state index contributed by atoms with van der Waals surface area (Å²) >= 11 is 6.09. The molecule has 1 N–H and O–H groups in total. The van der Waals surface area contributed by atoms with Crippen LogP contribution in [0, 0.1) is 0 Å². The summed E-state index contributed by atoms with van der Waals surface area (Å²) in [5, 5.41) is -1.13. The molecule has 1 rings (SSSR count). The van der Waals surface area contributed by atoms with Gasteiger partial charge in [0.25, 0.3) is 0 Å². The Morgan fingerprint density at radius 3 is 2.29 bits per heavy atom. The molecule has 0 amide bonds. The molecule has 102 valence electrons. The molecule has 0 spiro atoms. The Hall–Kier alpha value is 0.150. The minimum absolute atomic E-state index is 0.258. The predicted octanol–water partition coefficient (Wildman–Crippen LogP) is 0.848. The predicted molar refractivity (Wildman–Crippen MR) is 68.3 cm³/mol. The number of hydrogen-bond donors (Lipinski definition) is 1. The fraction of sp³-hybridized carbons (Fsp3) is 1.00. The van der Waals surface area contributed by atoms with Gasteiger partial charge in [-0.3, -0.25) is 0 Å². The molecule has 1 aliphatic rings. The summed E-state index contributed by atoms with van der Waals surface area (Å²) in [7, 11) is -7.36. The molecule has 0 aliphatic heterocycles. The molecule has 1 saturated carbocycles. The third kappa shape index (κ3) is 6.03. The van der Waals surface area contributed by atoms with Gasteiger partial charge < -0.3 is 0 Å². The third-order valence-corrected chi connectivity index (χ3v) is 6.77. The van der Waals surface area contributed by atoms with Crippen LogP contribution in [-0.2, 0) is 19.9 Å². The van der Waals surface area contributed by atoms with E-state index < -0.39 is 24.9 Å². The van der Waals surface area contributed by atoms with Crippen LogP contribution in [0.15, 0.2) is 0 Å². The number of sulfone groups is 1. The van der Waals surface area contributed by atoms with Crippen molar-refractivity contribution >= 4 is 31.5 Å². The van der Waals surface area contributed by atoms with Crippen molar-refractivity contribution in [3.8, 4) is 0 Å². The summed E-state index contributed by atoms with van der Waals surface area (Å²) in [5.74, 6) is 0. The number of rotatable bonds is 4. The molecule has 0 saturated heterocycles. The fourth-order valence-corrected chi connectivity index (χ4v) is 5.63. The first-order valence-corrected chi connectivity index (χ1v) is 9.66. The Morgan fingerprint density at radius 2 is 1.71 bits per heavy atom. The average Bonchev–Trinajstić information content (AvgIpc) is 2.27. The number of alkyl halides is 1. The van der Waals surface area contributed by atoms with Crippen molar-refractivity contribution in [3.05, 3.63) is 0 Å². The third-order valence-electron chi connectivity index (χ3n) is 2.63. The first-order valence-electron chi connectivity index (χ1n) is 5.51. The van der Waals surface area contributed by atoms with Gasteiger partial charge in [-0.25, -0.2) is 21.6 Å². The van der Waals surface area contributed by atoms with Gasteiger partial charge in [0.1, 0.15) is 0 Å². The molecule has 1 aliphatic carbocycles. The molecular weight excluding hydrogens is 286 g/mol. The maximum Gasteiger partial charge on any atom is 0.226 e. The monoisotopic (exact) mass is 303 g/mol. The van der Waals surface area contributed by atoms with Crippen LogP contribution < -0.4 is 4.72 Å². The van der Waals surface area contributed by atoms with Crippen LogP contribution in [0.4, 0.5) is 0 Å². The highest BCUT2D eigenvalue weighted by atomic mass is 35.5. The van der Waals surface area contributed by atoms with Crippen molar-refractivity contribution in [2.75, 3.05) is 11.3 Å². The lowest BCUT2D eigenvalue weighted by atomic mass is 10.1. The van der Waals surface area contributed by atoms with Crippen LogP contribution in [0.2, 0.25) is 0 Å². The lowest BCUT2D eigenvalue weighted by molar-refractivity contribution is 0.516. The number of nitrogens with one attached hydrogen (secondary N) is 1. The minimum atomic E-state index is -3.81. The van der Waals surface area contributed by atoms with Crippen molar-refractivity contribution in [1.82, 2.24) is 4.72 Å². The standard InChI is InChI=1S/C9H18ClNO4S2/c1-16(12,13)7-17(14,15)11-9-6-4-2-3-5-8(9)10/h8-9,11H,2-7H2,1H3. The second kappa shape index (κ2) is 5.86. The lowest BCUT2D eigenvalue weighted by Crippen LogP contribution is -2.42. The van der Waals surface area contributed by atoms with Gasteiger partial charge in [-0.15, -0.1) is 11.6 Å². The molecule has 8 heteroatoms. The zero-order chi connectivity index (χ0) is 13.1. The number of sulfonamides is 1. The van der Waals surface area contributed by atoms with Gasteiger partial charge in [0, 0.05) is 17.7 Å². The van der Waals surface area contributed by atoms with E-state index in [0.717, 1.165) is 31.9 Å². The molecule has 0 aromatic carbocycles. The van der Waals surface area contributed by atoms with Gasteiger partial charge in [-0.05, 0) is 12.8 Å². The van der Waals surface area contributed by atoms with E-state index in [1.165, 1.54) is 0 Å². The second-order valence-electron chi connectivity index (χ2n) is 4.54. The summed E-state index contributed by atoms with van der Waals surface area (Å²) in [6.07, 6.45) is 5.25. The van der Waals surface area contributed by atoms with E-state index in [1.807, 2.05) is 0 Å². The van der Waals surface area contributed by atoms with E-state index >= 15 is 0 Å². The van der Waals surface area contributed by atoms with E-state index in [2.05, 4.69) is 4.72 Å². The zero-order valence-electron chi connectivity index (χ0n) is 9.72. The van der Waals surface area contributed by atoms with E-state index in [1.54, 1.807) is 0 Å². The summed E-state index contributed by atoms with van der Waals surface area (Å²) in [4.78, 5) is 0. The Bertz CT molecular complexity index is 446. The molecule has 5 nitrogen and oxygen atoms in total. The molecule has 2 unspecified atom stereocenters. The molecule has 0 bridgehead atoms. The highest BCUT2D eigenvalue weighted by Crippen LogP contribution is 2.22. The highest BCUT2D eigenvalue weighted by molar-refractivity contribution is 8.06. The summed E-state index contributed by atoms with van der Waals surface area (Å²) in [6.45, 7) is 0. The van der Waals surface area contributed by atoms with Gasteiger partial charge in [-0.1, -0.05) is 19.3 Å². The maximum absolute atomic E-state index is 11.6. The lowest BCUT2D eigenvalue weighted by Gasteiger charge is -2.20. The van der Waals surface area contributed by atoms with Gasteiger partial charge in [0.05, 0.1) is 0 Å².